The Kier molecular flexibility index (Phi) is 6.28. The maximum atomic E-state index is 5.03. The third kappa shape index (κ3) is 4.66. The van der Waals surface area contributed by atoms with E-state index in [-0.39, 0.29) is 0 Å². The number of benzene rings is 5. The Labute approximate surface area is 253 Å². The lowest BCUT2D eigenvalue weighted by molar-refractivity contribution is 1.08. The van der Waals surface area contributed by atoms with Crippen LogP contribution in [0.2, 0.25) is 0 Å². The second kappa shape index (κ2) is 10.7. The number of thiophene rings is 1. The normalized spacial score (nSPS) is 11.3. The Morgan fingerprint density at radius 3 is 1.70 bits per heavy atom. The smallest absolute Gasteiger partial charge is 0.164 e. The molecule has 8 rings (SSSR count). The van der Waals surface area contributed by atoms with E-state index < -0.39 is 0 Å². The highest BCUT2D eigenvalue weighted by molar-refractivity contribution is 7.26. The van der Waals surface area contributed by atoms with Gasteiger partial charge in [0.05, 0.1) is 5.69 Å². The topological polar surface area (TPSA) is 51.6 Å². The van der Waals surface area contributed by atoms with Crippen LogP contribution in [0.3, 0.4) is 0 Å². The molecule has 0 spiro atoms. The van der Waals surface area contributed by atoms with Crippen LogP contribution >= 0.6 is 11.3 Å². The third-order valence-corrected chi connectivity index (χ3v) is 8.82. The molecule has 0 radical (unpaired) electrons. The van der Waals surface area contributed by atoms with E-state index in [9.17, 15) is 0 Å². The highest BCUT2D eigenvalue weighted by atomic mass is 32.1. The first-order chi connectivity index (χ1) is 21.3. The average molecular weight is 569 g/mol. The molecule has 5 heteroatoms. The van der Waals surface area contributed by atoms with Gasteiger partial charge in [0, 0.05) is 48.6 Å². The summed E-state index contributed by atoms with van der Waals surface area (Å²) in [7, 11) is 0. The van der Waals surface area contributed by atoms with Crippen molar-refractivity contribution in [1.82, 2.24) is 19.9 Å². The van der Waals surface area contributed by atoms with Gasteiger partial charge in [-0.25, -0.2) is 15.0 Å². The average Bonchev–Trinajstić information content (AvgIpc) is 3.49. The molecule has 0 atom stereocenters. The van der Waals surface area contributed by atoms with Crippen LogP contribution in [0, 0.1) is 0 Å². The van der Waals surface area contributed by atoms with Crippen LogP contribution in [0.4, 0.5) is 0 Å². The molecule has 0 fully saturated rings. The molecule has 202 valence electrons. The molecule has 0 aliphatic heterocycles. The zero-order valence-corrected chi connectivity index (χ0v) is 23.9. The fraction of sp³-hybridized carbons (Fsp3) is 0. The fourth-order valence-corrected chi connectivity index (χ4v) is 6.81. The Balaban J connectivity index is 1.30. The molecule has 0 aliphatic carbocycles. The molecular formula is C38H24N4S. The molecule has 8 aromatic rings. The Bertz CT molecular complexity index is 2150. The van der Waals surface area contributed by atoms with E-state index in [2.05, 4.69) is 65.6 Å². The molecule has 0 amide bonds. The molecule has 5 aromatic carbocycles. The highest BCUT2D eigenvalue weighted by Gasteiger charge is 2.18. The van der Waals surface area contributed by atoms with Crippen LogP contribution in [0.15, 0.2) is 146 Å². The van der Waals surface area contributed by atoms with E-state index in [1.807, 2.05) is 96.4 Å². The number of hydrogen-bond donors (Lipinski definition) is 0. The summed E-state index contributed by atoms with van der Waals surface area (Å²) in [6, 6.07) is 47.9. The molecule has 0 saturated carbocycles. The minimum Gasteiger partial charge on any atom is -0.256 e. The van der Waals surface area contributed by atoms with Crippen LogP contribution in [0.1, 0.15) is 0 Å². The predicted molar refractivity (Wildman–Crippen MR) is 178 cm³/mol. The van der Waals surface area contributed by atoms with Crippen molar-refractivity contribution < 1.29 is 0 Å². The lowest BCUT2D eigenvalue weighted by Gasteiger charge is -2.09. The number of rotatable bonds is 5. The van der Waals surface area contributed by atoms with Crippen molar-refractivity contribution in [1.29, 1.82) is 0 Å². The summed E-state index contributed by atoms with van der Waals surface area (Å²) in [6.45, 7) is 0. The second-order valence-corrected chi connectivity index (χ2v) is 11.3. The van der Waals surface area contributed by atoms with E-state index in [1.165, 1.54) is 31.3 Å². The molecule has 3 heterocycles. The molecule has 0 aliphatic rings. The van der Waals surface area contributed by atoms with Crippen LogP contribution < -0.4 is 0 Å². The van der Waals surface area contributed by atoms with Gasteiger partial charge >= 0.3 is 0 Å². The Morgan fingerprint density at radius 2 is 1.02 bits per heavy atom. The maximum Gasteiger partial charge on any atom is 0.164 e. The maximum absolute atomic E-state index is 5.03. The molecule has 0 saturated heterocycles. The van der Waals surface area contributed by atoms with Gasteiger partial charge in [-0.1, -0.05) is 121 Å². The van der Waals surface area contributed by atoms with Crippen molar-refractivity contribution in [3.05, 3.63) is 146 Å². The molecule has 0 bridgehead atoms. The quantitative estimate of drug-likeness (QED) is 0.207. The summed E-state index contributed by atoms with van der Waals surface area (Å²) >= 11 is 1.81. The van der Waals surface area contributed by atoms with Crippen LogP contribution in [0.5, 0.6) is 0 Å². The molecule has 3 aromatic heterocycles. The summed E-state index contributed by atoms with van der Waals surface area (Å²) in [6.07, 6.45) is 1.83. The monoisotopic (exact) mass is 568 g/mol. The zero-order chi connectivity index (χ0) is 28.6. The van der Waals surface area contributed by atoms with Gasteiger partial charge in [0.15, 0.2) is 17.5 Å². The summed E-state index contributed by atoms with van der Waals surface area (Å²) in [5.74, 6) is 1.99. The minimum absolute atomic E-state index is 0.662. The van der Waals surface area contributed by atoms with Crippen molar-refractivity contribution >= 4 is 31.5 Å². The number of pyridine rings is 1. The van der Waals surface area contributed by atoms with Gasteiger partial charge in [0.1, 0.15) is 0 Å². The van der Waals surface area contributed by atoms with Crippen molar-refractivity contribution in [2.75, 3.05) is 0 Å². The van der Waals surface area contributed by atoms with Gasteiger partial charge < -0.3 is 0 Å². The van der Waals surface area contributed by atoms with Crippen molar-refractivity contribution in [2.24, 2.45) is 0 Å². The summed E-state index contributed by atoms with van der Waals surface area (Å²) in [5, 5.41) is 2.36. The molecule has 4 nitrogen and oxygen atoms in total. The number of hydrogen-bond acceptors (Lipinski definition) is 5. The zero-order valence-electron chi connectivity index (χ0n) is 23.1. The summed E-state index contributed by atoms with van der Waals surface area (Å²) in [4.78, 5) is 19.5. The van der Waals surface area contributed by atoms with Gasteiger partial charge in [-0.2, -0.15) is 0 Å². The van der Waals surface area contributed by atoms with Crippen molar-refractivity contribution in [2.45, 2.75) is 0 Å². The largest absolute Gasteiger partial charge is 0.256 e. The lowest BCUT2D eigenvalue weighted by atomic mass is 9.99. The first-order valence-electron chi connectivity index (χ1n) is 14.2. The van der Waals surface area contributed by atoms with Crippen LogP contribution in [0.25, 0.3) is 76.7 Å². The number of aromatic nitrogens is 4. The van der Waals surface area contributed by atoms with Crippen LogP contribution in [-0.4, -0.2) is 19.9 Å². The highest BCUT2D eigenvalue weighted by Crippen LogP contribution is 2.43. The van der Waals surface area contributed by atoms with Crippen molar-refractivity contribution in [3.8, 4) is 56.5 Å². The predicted octanol–water partition coefficient (Wildman–Crippen LogP) is 9.97. The first kappa shape index (κ1) is 25.2. The second-order valence-electron chi connectivity index (χ2n) is 10.3. The molecule has 0 unspecified atom stereocenters. The van der Waals surface area contributed by atoms with Crippen molar-refractivity contribution in [3.63, 3.8) is 0 Å². The van der Waals surface area contributed by atoms with Crippen LogP contribution in [-0.2, 0) is 0 Å². The van der Waals surface area contributed by atoms with E-state index in [0.29, 0.717) is 17.5 Å². The summed E-state index contributed by atoms with van der Waals surface area (Å²) < 4.78 is 2.45. The Morgan fingerprint density at radius 1 is 0.419 bits per heavy atom. The Hall–Kier alpha value is -5.52. The van der Waals surface area contributed by atoms with Gasteiger partial charge in [-0.15, -0.1) is 11.3 Å². The standard InChI is InChI=1S/C38H24N4S/c1-3-11-27(12-4-1)36-40-37(28-13-5-2-6-14-28)42-38(41-36)31-17-10-19-33-34(31)30-16-9-15-29(35(30)43-33)25-20-22-26(23-21-25)32-18-7-8-24-39-32/h1-24H. The molecule has 0 N–H and O–H groups in total. The van der Waals surface area contributed by atoms with Gasteiger partial charge in [-0.3, -0.25) is 4.98 Å². The van der Waals surface area contributed by atoms with Gasteiger partial charge in [0.2, 0.25) is 0 Å². The van der Waals surface area contributed by atoms with E-state index in [4.69, 9.17) is 15.0 Å². The van der Waals surface area contributed by atoms with E-state index in [1.54, 1.807) is 0 Å². The SMILES string of the molecule is c1ccc(-c2nc(-c3ccccc3)nc(-c3cccc4sc5c(-c6ccc(-c7ccccn7)cc6)cccc5c34)n2)cc1. The molecule has 43 heavy (non-hydrogen) atoms. The third-order valence-electron chi connectivity index (χ3n) is 7.62. The first-order valence-corrected chi connectivity index (χ1v) is 15.0. The number of fused-ring (bicyclic) bond motifs is 3. The lowest BCUT2D eigenvalue weighted by Crippen LogP contribution is -2.00. The van der Waals surface area contributed by atoms with Gasteiger partial charge in [-0.05, 0) is 29.3 Å². The van der Waals surface area contributed by atoms with Gasteiger partial charge in [0.25, 0.3) is 0 Å². The van der Waals surface area contributed by atoms with E-state index >= 15 is 0 Å². The number of nitrogens with zero attached hydrogens (tertiary/aromatic N) is 4. The fourth-order valence-electron chi connectivity index (χ4n) is 5.54. The van der Waals surface area contributed by atoms with E-state index in [0.717, 1.165) is 27.9 Å². The molecular weight excluding hydrogens is 545 g/mol. The summed E-state index contributed by atoms with van der Waals surface area (Å²) in [5.41, 5.74) is 7.39. The minimum atomic E-state index is 0.662.